The number of nitriles is 1. The SMILES string of the molecule is CCn1c(-c2cc(C#N)ccc2Cl)cc2c(c1=O)c(=O)n(-c1cncc(Cl)c1)c(=O)n2Cc1cc(F)c(F)c(F)c1. The largest absolute Gasteiger partial charge is 0.336 e. The summed E-state index contributed by atoms with van der Waals surface area (Å²) in [6, 6.07) is 10.4. The van der Waals surface area contributed by atoms with Crippen LogP contribution in [0, 0.1) is 28.8 Å². The normalized spacial score (nSPS) is 11.1. The quantitative estimate of drug-likeness (QED) is 0.264. The maximum atomic E-state index is 14.1. The topological polar surface area (TPSA) is 103 Å². The molecule has 13 heteroatoms. The van der Waals surface area contributed by atoms with Crippen molar-refractivity contribution in [2.75, 3.05) is 0 Å². The average Bonchev–Trinajstić information content (AvgIpc) is 2.94. The van der Waals surface area contributed by atoms with Gasteiger partial charge in [-0.2, -0.15) is 5.26 Å². The highest BCUT2D eigenvalue weighted by Gasteiger charge is 2.23. The first-order chi connectivity index (χ1) is 19.5. The van der Waals surface area contributed by atoms with Gasteiger partial charge >= 0.3 is 5.69 Å². The maximum absolute atomic E-state index is 14.1. The van der Waals surface area contributed by atoms with E-state index in [9.17, 15) is 32.8 Å². The van der Waals surface area contributed by atoms with E-state index in [0.29, 0.717) is 16.7 Å². The van der Waals surface area contributed by atoms with Crippen molar-refractivity contribution >= 4 is 34.1 Å². The van der Waals surface area contributed by atoms with Gasteiger partial charge in [0, 0.05) is 23.3 Å². The molecule has 3 heterocycles. The molecular formula is C28H16Cl2F3N5O3. The van der Waals surface area contributed by atoms with Crippen LogP contribution in [0.2, 0.25) is 10.0 Å². The highest BCUT2D eigenvalue weighted by atomic mass is 35.5. The zero-order valence-electron chi connectivity index (χ0n) is 21.0. The third-order valence-corrected chi connectivity index (χ3v) is 6.97. The molecule has 0 fully saturated rings. The van der Waals surface area contributed by atoms with Gasteiger partial charge in [-0.1, -0.05) is 23.2 Å². The molecule has 206 valence electrons. The Bertz CT molecular complexity index is 2090. The monoisotopic (exact) mass is 597 g/mol. The molecule has 0 radical (unpaired) electrons. The van der Waals surface area contributed by atoms with Crippen molar-refractivity contribution in [2.24, 2.45) is 0 Å². The Labute approximate surface area is 238 Å². The predicted molar refractivity (Wildman–Crippen MR) is 147 cm³/mol. The summed E-state index contributed by atoms with van der Waals surface area (Å²) in [6.45, 7) is 1.17. The fourth-order valence-corrected chi connectivity index (χ4v) is 4.97. The Morgan fingerprint density at radius 2 is 1.63 bits per heavy atom. The highest BCUT2D eigenvalue weighted by Crippen LogP contribution is 2.30. The average molecular weight is 598 g/mol. The lowest BCUT2D eigenvalue weighted by Crippen LogP contribution is -2.42. The van der Waals surface area contributed by atoms with Crippen LogP contribution in [0.5, 0.6) is 0 Å². The second-order valence-electron chi connectivity index (χ2n) is 8.89. The number of nitrogens with zero attached hydrogens (tertiary/aromatic N) is 5. The van der Waals surface area contributed by atoms with E-state index in [1.54, 1.807) is 6.92 Å². The molecule has 5 aromatic rings. The van der Waals surface area contributed by atoms with Gasteiger partial charge in [0.25, 0.3) is 11.1 Å². The minimum atomic E-state index is -1.69. The molecule has 0 aliphatic heterocycles. The lowest BCUT2D eigenvalue weighted by atomic mass is 10.1. The molecule has 0 atom stereocenters. The van der Waals surface area contributed by atoms with Gasteiger partial charge in [-0.05, 0) is 55.0 Å². The van der Waals surface area contributed by atoms with E-state index in [0.717, 1.165) is 4.57 Å². The van der Waals surface area contributed by atoms with Gasteiger partial charge in [0.15, 0.2) is 17.5 Å². The minimum absolute atomic E-state index is 0.0593. The van der Waals surface area contributed by atoms with Gasteiger partial charge in [0.1, 0.15) is 5.39 Å². The maximum Gasteiger partial charge on any atom is 0.336 e. The fraction of sp³-hybridized carbons (Fsp3) is 0.107. The second kappa shape index (κ2) is 10.7. The lowest BCUT2D eigenvalue weighted by molar-refractivity contribution is 0.444. The van der Waals surface area contributed by atoms with Gasteiger partial charge in [-0.15, -0.1) is 0 Å². The summed E-state index contributed by atoms with van der Waals surface area (Å²) >= 11 is 12.5. The Morgan fingerprint density at radius 3 is 2.27 bits per heavy atom. The molecule has 8 nitrogen and oxygen atoms in total. The second-order valence-corrected chi connectivity index (χ2v) is 9.73. The van der Waals surface area contributed by atoms with Crippen LogP contribution >= 0.6 is 23.2 Å². The van der Waals surface area contributed by atoms with E-state index in [1.807, 2.05) is 6.07 Å². The number of pyridine rings is 2. The molecule has 0 saturated heterocycles. The summed E-state index contributed by atoms with van der Waals surface area (Å²) in [5.74, 6) is -4.67. The number of aromatic nitrogens is 4. The van der Waals surface area contributed by atoms with Crippen LogP contribution in [0.3, 0.4) is 0 Å². The molecule has 41 heavy (non-hydrogen) atoms. The fourth-order valence-electron chi connectivity index (χ4n) is 4.58. The molecule has 0 spiro atoms. The molecular weight excluding hydrogens is 582 g/mol. The van der Waals surface area contributed by atoms with Crippen molar-refractivity contribution in [2.45, 2.75) is 20.0 Å². The molecule has 0 unspecified atom stereocenters. The van der Waals surface area contributed by atoms with E-state index >= 15 is 0 Å². The summed E-state index contributed by atoms with van der Waals surface area (Å²) in [6.07, 6.45) is 2.46. The molecule has 0 aliphatic rings. The van der Waals surface area contributed by atoms with E-state index < -0.39 is 46.2 Å². The van der Waals surface area contributed by atoms with Crippen LogP contribution in [0.15, 0.2) is 69.2 Å². The Morgan fingerprint density at radius 1 is 0.927 bits per heavy atom. The van der Waals surface area contributed by atoms with Crippen molar-refractivity contribution < 1.29 is 13.2 Å². The van der Waals surface area contributed by atoms with Gasteiger partial charge in [0.05, 0.1) is 46.3 Å². The summed E-state index contributed by atoms with van der Waals surface area (Å²) in [5.41, 5.74) is -2.49. The number of fused-ring (bicyclic) bond motifs is 1. The van der Waals surface area contributed by atoms with Gasteiger partial charge < -0.3 is 4.57 Å². The van der Waals surface area contributed by atoms with Crippen LogP contribution in [0.25, 0.3) is 27.8 Å². The zero-order chi connectivity index (χ0) is 29.6. The first-order valence-corrected chi connectivity index (χ1v) is 12.7. The van der Waals surface area contributed by atoms with E-state index in [-0.39, 0.29) is 50.2 Å². The third-order valence-electron chi connectivity index (χ3n) is 6.43. The first-order valence-electron chi connectivity index (χ1n) is 11.9. The Kier molecular flexibility index (Phi) is 7.29. The van der Waals surface area contributed by atoms with Crippen LogP contribution < -0.4 is 16.8 Å². The number of hydrogen-bond donors (Lipinski definition) is 0. The van der Waals surface area contributed by atoms with Crippen molar-refractivity contribution in [3.05, 3.63) is 125 Å². The Balaban J connectivity index is 1.95. The molecule has 0 amide bonds. The van der Waals surface area contributed by atoms with Crippen molar-refractivity contribution in [3.8, 4) is 23.0 Å². The van der Waals surface area contributed by atoms with Crippen LogP contribution in [0.1, 0.15) is 18.1 Å². The van der Waals surface area contributed by atoms with E-state index in [4.69, 9.17) is 23.2 Å². The van der Waals surface area contributed by atoms with Gasteiger partial charge in [-0.3, -0.25) is 19.1 Å². The molecule has 0 aliphatic carbocycles. The zero-order valence-corrected chi connectivity index (χ0v) is 22.5. The predicted octanol–water partition coefficient (Wildman–Crippen LogP) is 5.04. The Hall–Kier alpha value is -4.66. The van der Waals surface area contributed by atoms with Crippen molar-refractivity contribution in [3.63, 3.8) is 0 Å². The standard InChI is InChI=1S/C28H16Cl2F3N5O3/c1-2-36-22(18-5-14(10-34)3-4-19(18)30)9-23-24(26(36)39)27(40)38(17-8-16(29)11-35-12-17)28(41)37(23)13-15-6-20(31)25(33)21(32)7-15/h3-9,11-12H,2,13H2,1H3. The summed E-state index contributed by atoms with van der Waals surface area (Å²) in [5, 5.41) is 9.25. The smallest absolute Gasteiger partial charge is 0.308 e. The van der Waals surface area contributed by atoms with Crippen molar-refractivity contribution in [1.82, 2.24) is 18.7 Å². The summed E-state index contributed by atoms with van der Waals surface area (Å²) in [7, 11) is 0. The van der Waals surface area contributed by atoms with Gasteiger partial charge in [-0.25, -0.2) is 22.5 Å². The first kappa shape index (κ1) is 27.9. The van der Waals surface area contributed by atoms with E-state index in [1.165, 1.54) is 47.3 Å². The number of benzene rings is 2. The number of rotatable bonds is 5. The molecule has 3 aromatic heterocycles. The van der Waals surface area contributed by atoms with Crippen LogP contribution in [-0.2, 0) is 13.1 Å². The molecule has 2 aromatic carbocycles. The molecule has 0 bridgehead atoms. The minimum Gasteiger partial charge on any atom is -0.308 e. The molecule has 5 rings (SSSR count). The summed E-state index contributed by atoms with van der Waals surface area (Å²) in [4.78, 5) is 45.4. The van der Waals surface area contributed by atoms with Crippen LogP contribution in [-0.4, -0.2) is 18.7 Å². The van der Waals surface area contributed by atoms with E-state index in [2.05, 4.69) is 4.98 Å². The van der Waals surface area contributed by atoms with Crippen LogP contribution in [0.4, 0.5) is 13.2 Å². The van der Waals surface area contributed by atoms with Crippen molar-refractivity contribution in [1.29, 1.82) is 5.26 Å². The number of hydrogen-bond acceptors (Lipinski definition) is 5. The summed E-state index contributed by atoms with van der Waals surface area (Å²) < 4.78 is 44.7. The van der Waals surface area contributed by atoms with Gasteiger partial charge in [0.2, 0.25) is 0 Å². The number of halogens is 5. The molecule has 0 N–H and O–H groups in total. The lowest BCUT2D eigenvalue weighted by Gasteiger charge is -2.18. The third kappa shape index (κ3) is 4.81. The highest BCUT2D eigenvalue weighted by molar-refractivity contribution is 6.33. The molecule has 0 saturated carbocycles.